The fourth-order valence-corrected chi connectivity index (χ4v) is 2.80. The van der Waals surface area contributed by atoms with Gasteiger partial charge in [-0.05, 0) is 40.5 Å². The molecule has 2 rings (SSSR count). The van der Waals surface area contributed by atoms with Gasteiger partial charge in [0, 0.05) is 30.5 Å². The van der Waals surface area contributed by atoms with Crippen LogP contribution in [0, 0.1) is 6.92 Å². The van der Waals surface area contributed by atoms with Crippen molar-refractivity contribution in [2.24, 2.45) is 0 Å². The summed E-state index contributed by atoms with van der Waals surface area (Å²) >= 11 is 3.36. The lowest BCUT2D eigenvalue weighted by molar-refractivity contribution is -0.148. The maximum atomic E-state index is 12.1. The van der Waals surface area contributed by atoms with Gasteiger partial charge in [-0.15, -0.1) is 0 Å². The van der Waals surface area contributed by atoms with Crippen LogP contribution in [0.2, 0.25) is 0 Å². The van der Waals surface area contributed by atoms with Gasteiger partial charge in [-0.3, -0.25) is 0 Å². The molecule has 1 saturated heterocycles. The van der Waals surface area contributed by atoms with Crippen LogP contribution in [0.4, 0.5) is 10.5 Å². The zero-order valence-corrected chi connectivity index (χ0v) is 13.2. The van der Waals surface area contributed by atoms with E-state index in [2.05, 4.69) is 26.6 Å². The Morgan fingerprint density at radius 3 is 2.57 bits per heavy atom. The second-order valence-corrected chi connectivity index (χ2v) is 5.92. The minimum absolute atomic E-state index is 0.255. The number of amides is 2. The molecule has 0 aromatic heterocycles. The fraction of sp³-hybridized carbons (Fsp3) is 0.429. The van der Waals surface area contributed by atoms with Gasteiger partial charge in [0.25, 0.3) is 0 Å². The molecule has 1 aliphatic heterocycles. The van der Waals surface area contributed by atoms with E-state index in [1.165, 1.54) is 0 Å². The number of aryl methyl sites for hydroxylation is 1. The molecule has 0 aliphatic carbocycles. The number of ether oxygens (including phenoxy) is 1. The van der Waals surface area contributed by atoms with Crippen molar-refractivity contribution >= 4 is 33.6 Å². The van der Waals surface area contributed by atoms with Crippen molar-refractivity contribution in [2.75, 3.05) is 18.5 Å². The summed E-state index contributed by atoms with van der Waals surface area (Å²) < 4.78 is 5.91. The summed E-state index contributed by atoms with van der Waals surface area (Å²) in [5, 5.41) is 14.6. The Balaban J connectivity index is 2.07. The molecule has 2 amide bonds. The van der Waals surface area contributed by atoms with Gasteiger partial charge in [-0.25, -0.2) is 9.59 Å². The minimum atomic E-state index is -1.26. The predicted molar refractivity (Wildman–Crippen MR) is 81.5 cm³/mol. The lowest BCUT2D eigenvalue weighted by Crippen LogP contribution is -2.58. The molecule has 1 aromatic carbocycles. The van der Waals surface area contributed by atoms with Crippen molar-refractivity contribution in [1.82, 2.24) is 5.32 Å². The number of nitrogens with one attached hydrogen (secondary N) is 2. The Labute approximate surface area is 131 Å². The van der Waals surface area contributed by atoms with Crippen LogP contribution >= 0.6 is 15.9 Å². The molecule has 21 heavy (non-hydrogen) atoms. The molecule has 3 N–H and O–H groups in total. The van der Waals surface area contributed by atoms with E-state index in [9.17, 15) is 14.7 Å². The van der Waals surface area contributed by atoms with E-state index >= 15 is 0 Å². The number of carboxylic acids is 1. The van der Waals surface area contributed by atoms with Gasteiger partial charge in [0.2, 0.25) is 0 Å². The third-order valence-corrected chi connectivity index (χ3v) is 4.14. The molecule has 6 nitrogen and oxygen atoms in total. The molecule has 1 heterocycles. The van der Waals surface area contributed by atoms with Crippen molar-refractivity contribution < 1.29 is 19.4 Å². The van der Waals surface area contributed by atoms with Gasteiger partial charge in [-0.1, -0.05) is 6.07 Å². The second kappa shape index (κ2) is 6.44. The van der Waals surface area contributed by atoms with Gasteiger partial charge in [0.05, 0.1) is 5.69 Å². The van der Waals surface area contributed by atoms with Gasteiger partial charge in [-0.2, -0.15) is 0 Å². The van der Waals surface area contributed by atoms with Crippen molar-refractivity contribution in [3.05, 3.63) is 28.2 Å². The Bertz CT molecular complexity index is 556. The number of benzene rings is 1. The zero-order valence-electron chi connectivity index (χ0n) is 11.6. The lowest BCUT2D eigenvalue weighted by atomic mass is 9.90. The van der Waals surface area contributed by atoms with Crippen molar-refractivity contribution in [2.45, 2.75) is 25.3 Å². The van der Waals surface area contributed by atoms with Crippen LogP contribution in [-0.4, -0.2) is 35.9 Å². The molecule has 1 aromatic rings. The quantitative estimate of drug-likeness (QED) is 0.776. The summed E-state index contributed by atoms with van der Waals surface area (Å²) in [5.41, 5.74) is 0.379. The van der Waals surface area contributed by atoms with E-state index < -0.39 is 17.5 Å². The van der Waals surface area contributed by atoms with Crippen molar-refractivity contribution in [1.29, 1.82) is 0 Å². The topological polar surface area (TPSA) is 87.7 Å². The molecule has 1 fully saturated rings. The fourth-order valence-electron chi connectivity index (χ4n) is 2.20. The molecule has 0 unspecified atom stereocenters. The largest absolute Gasteiger partial charge is 0.480 e. The number of hydrogen-bond donors (Lipinski definition) is 3. The number of carboxylic acid groups (broad SMARTS) is 1. The average molecular weight is 357 g/mol. The van der Waals surface area contributed by atoms with E-state index in [4.69, 9.17) is 4.74 Å². The Morgan fingerprint density at radius 1 is 1.33 bits per heavy atom. The molecular weight excluding hydrogens is 340 g/mol. The first-order valence-corrected chi connectivity index (χ1v) is 7.39. The molecule has 0 atom stereocenters. The monoisotopic (exact) mass is 356 g/mol. The number of carbonyl (C=O) groups excluding carboxylic acids is 1. The predicted octanol–water partition coefficient (Wildman–Crippen LogP) is 2.51. The van der Waals surface area contributed by atoms with E-state index in [1.807, 2.05) is 19.1 Å². The smallest absolute Gasteiger partial charge is 0.329 e. The van der Waals surface area contributed by atoms with E-state index in [0.717, 1.165) is 10.0 Å². The molecule has 7 heteroatoms. The van der Waals surface area contributed by atoms with Crippen LogP contribution in [0.1, 0.15) is 18.4 Å². The molecule has 0 bridgehead atoms. The molecule has 0 saturated carbocycles. The summed E-state index contributed by atoms with van der Waals surface area (Å²) in [6.07, 6.45) is 0.510. The van der Waals surface area contributed by atoms with Gasteiger partial charge < -0.3 is 20.5 Å². The zero-order chi connectivity index (χ0) is 15.5. The summed E-state index contributed by atoms with van der Waals surface area (Å²) in [5.74, 6) is -1.04. The molecule has 0 spiro atoms. The molecule has 0 radical (unpaired) electrons. The third kappa shape index (κ3) is 3.74. The lowest BCUT2D eigenvalue weighted by Gasteiger charge is -2.33. The minimum Gasteiger partial charge on any atom is -0.480 e. The summed E-state index contributed by atoms with van der Waals surface area (Å²) in [4.78, 5) is 23.5. The molecule has 1 aliphatic rings. The van der Waals surface area contributed by atoms with E-state index in [0.29, 0.717) is 18.9 Å². The number of carbonyl (C=O) groups is 2. The highest BCUT2D eigenvalue weighted by Crippen LogP contribution is 2.25. The summed E-state index contributed by atoms with van der Waals surface area (Å²) in [6.45, 7) is 2.58. The van der Waals surface area contributed by atoms with Crippen LogP contribution in [-0.2, 0) is 9.53 Å². The van der Waals surface area contributed by atoms with Crippen LogP contribution in [0.15, 0.2) is 22.7 Å². The number of aliphatic carboxylic acids is 1. The highest BCUT2D eigenvalue weighted by molar-refractivity contribution is 9.10. The number of halogens is 1. The molecule has 114 valence electrons. The molecular formula is C14H17BrN2O4. The van der Waals surface area contributed by atoms with Crippen LogP contribution in [0.25, 0.3) is 0 Å². The first kappa shape index (κ1) is 15.8. The van der Waals surface area contributed by atoms with Crippen molar-refractivity contribution in [3.8, 4) is 0 Å². The number of rotatable bonds is 3. The van der Waals surface area contributed by atoms with Gasteiger partial charge in [0.15, 0.2) is 0 Å². The highest BCUT2D eigenvalue weighted by atomic mass is 79.9. The van der Waals surface area contributed by atoms with E-state index in [-0.39, 0.29) is 12.8 Å². The number of urea groups is 1. The Morgan fingerprint density at radius 2 is 2.00 bits per heavy atom. The SMILES string of the molecule is Cc1ccc(NC(=O)NC2(C(=O)O)CCOCC2)c(Br)c1. The average Bonchev–Trinajstić information content (AvgIpc) is 2.43. The number of anilines is 1. The van der Waals surface area contributed by atoms with Crippen LogP contribution < -0.4 is 10.6 Å². The summed E-state index contributed by atoms with van der Waals surface area (Å²) in [6, 6.07) is 4.96. The van der Waals surface area contributed by atoms with Crippen molar-refractivity contribution in [3.63, 3.8) is 0 Å². The standard InChI is InChI=1S/C14H17BrN2O4/c1-9-2-3-11(10(15)8-9)16-13(20)17-14(12(18)19)4-6-21-7-5-14/h2-3,8H,4-7H2,1H3,(H,18,19)(H2,16,17,20). The number of hydrogen-bond acceptors (Lipinski definition) is 3. The van der Waals surface area contributed by atoms with Crippen LogP contribution in [0.5, 0.6) is 0 Å². The van der Waals surface area contributed by atoms with E-state index in [1.54, 1.807) is 6.07 Å². The first-order chi connectivity index (χ1) is 9.93. The second-order valence-electron chi connectivity index (χ2n) is 5.06. The van der Waals surface area contributed by atoms with Gasteiger partial charge in [0.1, 0.15) is 5.54 Å². The maximum absolute atomic E-state index is 12.1. The highest BCUT2D eigenvalue weighted by Gasteiger charge is 2.41. The van der Waals surface area contributed by atoms with Gasteiger partial charge >= 0.3 is 12.0 Å². The van der Waals surface area contributed by atoms with Crippen LogP contribution in [0.3, 0.4) is 0 Å². The third-order valence-electron chi connectivity index (χ3n) is 3.48. The Kier molecular flexibility index (Phi) is 4.84. The summed E-state index contributed by atoms with van der Waals surface area (Å²) in [7, 11) is 0. The maximum Gasteiger partial charge on any atom is 0.329 e. The normalized spacial score (nSPS) is 17.0. The first-order valence-electron chi connectivity index (χ1n) is 6.59. The Hall–Kier alpha value is -1.60.